The molecule has 9 heteroatoms. The van der Waals surface area contributed by atoms with Gasteiger partial charge in [0, 0.05) is 55.5 Å². The zero-order valence-corrected chi connectivity index (χ0v) is 20.5. The van der Waals surface area contributed by atoms with Gasteiger partial charge in [-0.25, -0.2) is 4.98 Å². The average Bonchev–Trinajstić information content (AvgIpc) is 3.46. The largest absolute Gasteiger partial charge is 0.364 e. The van der Waals surface area contributed by atoms with Crippen molar-refractivity contribution in [1.82, 2.24) is 14.5 Å². The van der Waals surface area contributed by atoms with Crippen molar-refractivity contribution in [2.45, 2.75) is 46.6 Å². The molecule has 3 atom stereocenters. The monoisotopic (exact) mass is 483 g/mol. The Hall–Kier alpha value is -2.87. The predicted molar refractivity (Wildman–Crippen MR) is 129 cm³/mol. The van der Waals surface area contributed by atoms with Crippen LogP contribution in [0.5, 0.6) is 0 Å². The van der Waals surface area contributed by atoms with Crippen LogP contribution < -0.4 is 11.1 Å². The van der Waals surface area contributed by atoms with Crippen LogP contribution in [0.25, 0.3) is 11.1 Å². The lowest BCUT2D eigenvalue weighted by Gasteiger charge is -2.17. The van der Waals surface area contributed by atoms with E-state index in [1.807, 2.05) is 9.47 Å². The van der Waals surface area contributed by atoms with Crippen LogP contribution in [-0.2, 0) is 22.6 Å². The van der Waals surface area contributed by atoms with Crippen LogP contribution in [0.3, 0.4) is 0 Å². The predicted octanol–water partition coefficient (Wildman–Crippen LogP) is 3.33. The molecule has 2 aliphatic heterocycles. The number of nitrogens with one attached hydrogen (secondary N) is 1. The number of halogens is 1. The number of hydrogen-bond donors (Lipinski definition) is 2. The van der Waals surface area contributed by atoms with Gasteiger partial charge in [-0.3, -0.25) is 14.4 Å². The van der Waals surface area contributed by atoms with E-state index in [0.717, 1.165) is 49.2 Å². The lowest BCUT2D eigenvalue weighted by molar-refractivity contribution is -0.128. The number of nitrogens with zero attached hydrogens (tertiary/aromatic N) is 3. The van der Waals surface area contributed by atoms with Crippen molar-refractivity contribution in [3.63, 3.8) is 0 Å². The summed E-state index contributed by atoms with van der Waals surface area (Å²) in [6.07, 6.45) is 3.89. The van der Waals surface area contributed by atoms with E-state index in [0.29, 0.717) is 34.9 Å². The number of pyridine rings is 1. The summed E-state index contributed by atoms with van der Waals surface area (Å²) in [5.41, 5.74) is 8.71. The van der Waals surface area contributed by atoms with Gasteiger partial charge >= 0.3 is 0 Å². The highest BCUT2D eigenvalue weighted by Crippen LogP contribution is 2.43. The van der Waals surface area contributed by atoms with E-state index < -0.39 is 5.91 Å². The van der Waals surface area contributed by atoms with E-state index in [4.69, 9.17) is 17.3 Å². The second kappa shape index (κ2) is 8.12. The molecule has 3 aliphatic rings. The molecule has 180 valence electrons. The highest BCUT2D eigenvalue weighted by Gasteiger charge is 2.44. The minimum absolute atomic E-state index is 0.00457. The second-order valence-corrected chi connectivity index (χ2v) is 11.2. The fourth-order valence-electron chi connectivity index (χ4n) is 6.05. The summed E-state index contributed by atoms with van der Waals surface area (Å²) in [5, 5.41) is 3.42. The number of aromatic nitrogens is 2. The molecular formula is C25H30ClN5O3. The molecule has 0 bridgehead atoms. The fraction of sp³-hybridized carbons (Fsp3) is 0.520. The molecule has 0 spiro atoms. The molecule has 3 N–H and O–H groups in total. The van der Waals surface area contributed by atoms with Gasteiger partial charge in [0.15, 0.2) is 0 Å². The number of rotatable bonds is 4. The van der Waals surface area contributed by atoms with Crippen molar-refractivity contribution in [2.75, 3.05) is 18.4 Å². The van der Waals surface area contributed by atoms with Crippen LogP contribution >= 0.6 is 11.6 Å². The van der Waals surface area contributed by atoms with E-state index in [-0.39, 0.29) is 23.1 Å². The summed E-state index contributed by atoms with van der Waals surface area (Å²) in [6.45, 7) is 8.10. The minimum Gasteiger partial charge on any atom is -0.364 e. The topological polar surface area (TPSA) is 110 Å². The normalized spacial score (nSPS) is 24.7. The highest BCUT2D eigenvalue weighted by atomic mass is 35.5. The molecule has 34 heavy (non-hydrogen) atoms. The quantitative estimate of drug-likeness (QED) is 0.694. The molecule has 2 fully saturated rings. The van der Waals surface area contributed by atoms with Crippen LogP contribution in [-0.4, -0.2) is 45.3 Å². The molecule has 0 unspecified atom stereocenters. The van der Waals surface area contributed by atoms with E-state index in [1.54, 1.807) is 19.1 Å². The van der Waals surface area contributed by atoms with E-state index >= 15 is 0 Å². The molecule has 2 aromatic rings. The summed E-state index contributed by atoms with van der Waals surface area (Å²) in [6, 6.07) is 3.57. The fourth-order valence-corrected chi connectivity index (χ4v) is 6.25. The smallest absolute Gasteiger partial charge is 0.265 e. The van der Waals surface area contributed by atoms with Gasteiger partial charge in [0.25, 0.3) is 5.91 Å². The molecule has 0 radical (unpaired) electrons. The number of anilines is 1. The van der Waals surface area contributed by atoms with Crippen LogP contribution in [0.1, 0.15) is 49.8 Å². The third kappa shape index (κ3) is 3.98. The maximum absolute atomic E-state index is 13.0. The van der Waals surface area contributed by atoms with Gasteiger partial charge in [0.05, 0.1) is 5.02 Å². The first-order valence-corrected chi connectivity index (χ1v) is 12.1. The molecule has 1 aliphatic carbocycles. The van der Waals surface area contributed by atoms with Crippen molar-refractivity contribution >= 4 is 35.1 Å². The number of hydrogen-bond acceptors (Lipinski definition) is 4. The summed E-state index contributed by atoms with van der Waals surface area (Å²) >= 11 is 6.53. The number of carbonyl (C=O) groups excluding carboxylic acids is 3. The van der Waals surface area contributed by atoms with Crippen LogP contribution in [0, 0.1) is 23.2 Å². The van der Waals surface area contributed by atoms with Crippen LogP contribution in [0.4, 0.5) is 5.82 Å². The second-order valence-electron chi connectivity index (χ2n) is 10.8. The summed E-state index contributed by atoms with van der Waals surface area (Å²) < 4.78 is 1.98. The Morgan fingerprint density at radius 1 is 1.15 bits per heavy atom. The third-order valence-corrected chi connectivity index (χ3v) is 7.96. The lowest BCUT2D eigenvalue weighted by Crippen LogP contribution is -2.29. The van der Waals surface area contributed by atoms with Crippen molar-refractivity contribution in [1.29, 1.82) is 0 Å². The van der Waals surface area contributed by atoms with Gasteiger partial charge in [-0.05, 0) is 48.6 Å². The minimum atomic E-state index is -0.473. The van der Waals surface area contributed by atoms with Gasteiger partial charge < -0.3 is 20.5 Å². The Morgan fingerprint density at radius 2 is 1.82 bits per heavy atom. The zero-order valence-electron chi connectivity index (χ0n) is 19.7. The van der Waals surface area contributed by atoms with Crippen molar-refractivity contribution in [3.8, 4) is 11.1 Å². The van der Waals surface area contributed by atoms with Crippen molar-refractivity contribution < 1.29 is 14.4 Å². The molecule has 2 aromatic heterocycles. The first kappa shape index (κ1) is 22.9. The number of primary amides is 1. The molecule has 4 heterocycles. The maximum Gasteiger partial charge on any atom is 0.265 e. The zero-order chi connectivity index (χ0) is 24.4. The average molecular weight is 484 g/mol. The molecule has 1 saturated heterocycles. The Balaban J connectivity index is 1.36. The molecule has 3 amide bonds. The summed E-state index contributed by atoms with van der Waals surface area (Å²) in [5.74, 6) is 0.689. The molecule has 8 nitrogen and oxygen atoms in total. The van der Waals surface area contributed by atoms with Crippen LogP contribution in [0.2, 0.25) is 5.02 Å². The third-order valence-electron chi connectivity index (χ3n) is 7.66. The van der Waals surface area contributed by atoms with E-state index in [1.165, 1.54) is 6.20 Å². The number of fused-ring (bicyclic) bond motifs is 2. The van der Waals surface area contributed by atoms with Gasteiger partial charge in [-0.2, -0.15) is 0 Å². The highest BCUT2D eigenvalue weighted by molar-refractivity contribution is 6.33. The van der Waals surface area contributed by atoms with E-state index in [9.17, 15) is 14.4 Å². The Bertz CT molecular complexity index is 1190. The molecule has 5 rings (SSSR count). The van der Waals surface area contributed by atoms with Crippen molar-refractivity contribution in [3.05, 3.63) is 34.7 Å². The van der Waals surface area contributed by atoms with Crippen LogP contribution in [0.15, 0.2) is 18.3 Å². The SMILES string of the molecule is CC(=O)N1C[C@H]2C[C@@H](C(=O)Nc3cc(-c4cc(C(N)=O)n5c4CC(C)(C)C5)c(Cl)cn3)C[C@H]2C1. The number of carbonyl (C=O) groups is 3. The van der Waals surface area contributed by atoms with Crippen molar-refractivity contribution in [2.24, 2.45) is 28.9 Å². The summed E-state index contributed by atoms with van der Waals surface area (Å²) in [4.78, 5) is 43.0. The summed E-state index contributed by atoms with van der Waals surface area (Å²) in [7, 11) is 0. The number of nitrogens with two attached hydrogens (primary N) is 1. The van der Waals surface area contributed by atoms with Gasteiger partial charge in [0.2, 0.25) is 11.8 Å². The Morgan fingerprint density at radius 3 is 2.44 bits per heavy atom. The number of amides is 3. The maximum atomic E-state index is 13.0. The molecule has 1 saturated carbocycles. The Labute approximate surface area is 203 Å². The first-order valence-electron chi connectivity index (χ1n) is 11.8. The molecule has 0 aromatic carbocycles. The molecular weight excluding hydrogens is 454 g/mol. The Kier molecular flexibility index (Phi) is 5.47. The van der Waals surface area contributed by atoms with Gasteiger partial charge in [-0.15, -0.1) is 0 Å². The number of likely N-dealkylation sites (tertiary alicyclic amines) is 1. The van der Waals surface area contributed by atoms with Gasteiger partial charge in [0.1, 0.15) is 11.5 Å². The first-order chi connectivity index (χ1) is 16.0. The standard InChI is InChI=1S/C25H30ClN5O3/c1-13(32)30-10-15-4-14(5-16(15)11-30)24(34)29-22-7-17(19(26)9-28-22)18-6-20(23(27)33)31-12-25(2,3)8-21(18)31/h6-7,9,14-16H,4-5,8,10-12H2,1-3H3,(H2,27,33)(H,28,29,34)/t14-,15-,16+. The van der Waals surface area contributed by atoms with Gasteiger partial charge in [-0.1, -0.05) is 25.4 Å². The van der Waals surface area contributed by atoms with E-state index in [2.05, 4.69) is 24.1 Å². The lowest BCUT2D eigenvalue weighted by atomic mass is 9.89.